The Kier molecular flexibility index (Phi) is 8.34. The highest BCUT2D eigenvalue weighted by Gasteiger charge is 2.22. The van der Waals surface area contributed by atoms with Crippen LogP contribution in [0.15, 0.2) is 41.4 Å². The van der Waals surface area contributed by atoms with Crippen molar-refractivity contribution in [2.24, 2.45) is 10.9 Å². The number of nitrogens with zero attached hydrogens (tertiary/aromatic N) is 2. The lowest BCUT2D eigenvalue weighted by Crippen LogP contribution is -2.36. The average molecular weight is 480 g/mol. The van der Waals surface area contributed by atoms with Gasteiger partial charge in [0.15, 0.2) is 5.96 Å². The predicted octanol–water partition coefficient (Wildman–Crippen LogP) is 3.97. The number of benzene rings is 1. The first-order valence-electron chi connectivity index (χ1n) is 9.23. The number of ether oxygens (including phenoxy) is 1. The molecule has 146 valence electrons. The van der Waals surface area contributed by atoms with E-state index in [1.165, 1.54) is 18.4 Å². The first-order chi connectivity index (χ1) is 12.6. The standard InChI is InChI=1S/C21H28N4O.HI/c1-15-7-10-18(20(11-15)26-14-17-8-9-17)12-23-21(22-3)24-13-19-6-4-5-16(2)25-19;/h4-7,10-11,17H,8-9,12-14H2,1-3H3,(H2,22,23,24);1H. The Labute approximate surface area is 179 Å². The fraction of sp³-hybridized carbons (Fsp3) is 0.429. The second-order valence-electron chi connectivity index (χ2n) is 6.92. The summed E-state index contributed by atoms with van der Waals surface area (Å²) in [5.74, 6) is 2.47. The minimum Gasteiger partial charge on any atom is -0.493 e. The number of nitrogens with one attached hydrogen (secondary N) is 2. The highest BCUT2D eigenvalue weighted by Crippen LogP contribution is 2.30. The number of halogens is 1. The average Bonchev–Trinajstić information content (AvgIpc) is 3.46. The second kappa shape index (κ2) is 10.5. The van der Waals surface area contributed by atoms with Gasteiger partial charge in [0, 0.05) is 24.8 Å². The zero-order valence-corrected chi connectivity index (χ0v) is 18.6. The number of aliphatic imine (C=N–C) groups is 1. The quantitative estimate of drug-likeness (QED) is 0.358. The summed E-state index contributed by atoms with van der Waals surface area (Å²) in [7, 11) is 1.78. The molecule has 6 heteroatoms. The molecule has 1 aliphatic carbocycles. The maximum absolute atomic E-state index is 6.04. The molecule has 0 saturated heterocycles. The van der Waals surface area contributed by atoms with Crippen LogP contribution in [0.4, 0.5) is 0 Å². The first-order valence-corrected chi connectivity index (χ1v) is 9.23. The van der Waals surface area contributed by atoms with E-state index in [4.69, 9.17) is 4.74 Å². The molecule has 0 radical (unpaired) electrons. The maximum Gasteiger partial charge on any atom is 0.191 e. The second-order valence-corrected chi connectivity index (χ2v) is 6.92. The molecule has 2 aromatic rings. The van der Waals surface area contributed by atoms with Crippen molar-refractivity contribution in [2.45, 2.75) is 39.8 Å². The third-order valence-electron chi connectivity index (χ3n) is 4.45. The third kappa shape index (κ3) is 7.01. The number of guanidine groups is 1. The number of pyridine rings is 1. The lowest BCUT2D eigenvalue weighted by atomic mass is 10.1. The van der Waals surface area contributed by atoms with E-state index in [0.29, 0.717) is 13.1 Å². The van der Waals surface area contributed by atoms with E-state index in [-0.39, 0.29) is 24.0 Å². The highest BCUT2D eigenvalue weighted by molar-refractivity contribution is 14.0. The Morgan fingerprint density at radius 1 is 1.15 bits per heavy atom. The molecule has 1 saturated carbocycles. The summed E-state index contributed by atoms with van der Waals surface area (Å²) in [6, 6.07) is 12.4. The molecule has 3 rings (SSSR count). The summed E-state index contributed by atoms with van der Waals surface area (Å²) in [4.78, 5) is 8.80. The topological polar surface area (TPSA) is 58.5 Å². The largest absolute Gasteiger partial charge is 0.493 e. The molecule has 1 heterocycles. The summed E-state index contributed by atoms with van der Waals surface area (Å²) < 4.78 is 6.04. The van der Waals surface area contributed by atoms with Gasteiger partial charge in [-0.1, -0.05) is 18.2 Å². The third-order valence-corrected chi connectivity index (χ3v) is 4.45. The van der Waals surface area contributed by atoms with Gasteiger partial charge >= 0.3 is 0 Å². The Morgan fingerprint density at radius 2 is 1.93 bits per heavy atom. The van der Waals surface area contributed by atoms with Gasteiger partial charge in [0.2, 0.25) is 0 Å². The number of aromatic nitrogens is 1. The normalized spacial score (nSPS) is 13.7. The molecular formula is C21H29IN4O. The van der Waals surface area contributed by atoms with Crippen LogP contribution in [0, 0.1) is 19.8 Å². The van der Waals surface area contributed by atoms with Crippen molar-refractivity contribution in [1.82, 2.24) is 15.6 Å². The van der Waals surface area contributed by atoms with Crippen LogP contribution in [0.5, 0.6) is 5.75 Å². The summed E-state index contributed by atoms with van der Waals surface area (Å²) in [5.41, 5.74) is 4.38. The van der Waals surface area contributed by atoms with Gasteiger partial charge in [0.25, 0.3) is 0 Å². The van der Waals surface area contributed by atoms with E-state index in [0.717, 1.165) is 41.2 Å². The van der Waals surface area contributed by atoms with Crippen molar-refractivity contribution in [2.75, 3.05) is 13.7 Å². The SMILES string of the molecule is CN=C(NCc1cccc(C)n1)NCc1ccc(C)cc1OCC1CC1.I. The van der Waals surface area contributed by atoms with Crippen molar-refractivity contribution in [3.63, 3.8) is 0 Å². The lowest BCUT2D eigenvalue weighted by Gasteiger charge is -2.15. The number of aryl methyl sites for hydroxylation is 2. The van der Waals surface area contributed by atoms with Crippen LogP contribution in [0.3, 0.4) is 0 Å². The molecule has 1 fully saturated rings. The van der Waals surface area contributed by atoms with Gasteiger partial charge in [0.05, 0.1) is 18.8 Å². The van der Waals surface area contributed by atoms with Gasteiger partial charge in [-0.15, -0.1) is 24.0 Å². The predicted molar refractivity (Wildman–Crippen MR) is 121 cm³/mol. The van der Waals surface area contributed by atoms with Crippen molar-refractivity contribution in [3.8, 4) is 5.75 Å². The molecule has 0 amide bonds. The molecule has 1 aromatic heterocycles. The fourth-order valence-electron chi connectivity index (χ4n) is 2.71. The van der Waals surface area contributed by atoms with E-state index in [9.17, 15) is 0 Å². The fourth-order valence-corrected chi connectivity index (χ4v) is 2.71. The van der Waals surface area contributed by atoms with Gasteiger partial charge < -0.3 is 15.4 Å². The Morgan fingerprint density at radius 3 is 2.63 bits per heavy atom. The number of rotatable bonds is 7. The molecule has 5 nitrogen and oxygen atoms in total. The zero-order chi connectivity index (χ0) is 18.4. The Balaban J connectivity index is 0.00000261. The number of hydrogen-bond donors (Lipinski definition) is 2. The van der Waals surface area contributed by atoms with Crippen molar-refractivity contribution < 1.29 is 4.74 Å². The van der Waals surface area contributed by atoms with Crippen LogP contribution in [-0.2, 0) is 13.1 Å². The van der Waals surface area contributed by atoms with Crippen LogP contribution in [0.25, 0.3) is 0 Å². The van der Waals surface area contributed by atoms with E-state index in [1.807, 2.05) is 25.1 Å². The van der Waals surface area contributed by atoms with Gasteiger partial charge in [-0.25, -0.2) is 0 Å². The van der Waals surface area contributed by atoms with E-state index in [2.05, 4.69) is 45.7 Å². The minimum atomic E-state index is 0. The van der Waals surface area contributed by atoms with Gasteiger partial charge in [0.1, 0.15) is 5.75 Å². The van der Waals surface area contributed by atoms with E-state index >= 15 is 0 Å². The van der Waals surface area contributed by atoms with Crippen molar-refractivity contribution in [3.05, 3.63) is 58.9 Å². The molecule has 2 N–H and O–H groups in total. The van der Waals surface area contributed by atoms with Gasteiger partial charge in [-0.05, 0) is 56.4 Å². The Hall–Kier alpha value is -1.83. The Bertz CT molecular complexity index is 775. The van der Waals surface area contributed by atoms with Crippen molar-refractivity contribution in [1.29, 1.82) is 0 Å². The smallest absolute Gasteiger partial charge is 0.191 e. The summed E-state index contributed by atoms with van der Waals surface area (Å²) in [6.07, 6.45) is 2.59. The van der Waals surface area contributed by atoms with Gasteiger partial charge in [-0.2, -0.15) is 0 Å². The molecule has 1 aromatic carbocycles. The number of hydrogen-bond acceptors (Lipinski definition) is 3. The minimum absolute atomic E-state index is 0. The molecular weight excluding hydrogens is 451 g/mol. The molecule has 0 unspecified atom stereocenters. The highest BCUT2D eigenvalue weighted by atomic mass is 127. The molecule has 0 spiro atoms. The summed E-state index contributed by atoms with van der Waals surface area (Å²) in [6.45, 7) is 6.22. The molecule has 0 bridgehead atoms. The van der Waals surface area contributed by atoms with Gasteiger partial charge in [-0.3, -0.25) is 9.98 Å². The van der Waals surface area contributed by atoms with Crippen LogP contribution in [0.2, 0.25) is 0 Å². The first kappa shape index (κ1) is 21.5. The zero-order valence-electron chi connectivity index (χ0n) is 16.3. The van der Waals surface area contributed by atoms with Crippen LogP contribution in [-0.4, -0.2) is 24.6 Å². The molecule has 1 aliphatic rings. The molecule has 27 heavy (non-hydrogen) atoms. The molecule has 0 atom stereocenters. The van der Waals surface area contributed by atoms with Crippen molar-refractivity contribution >= 4 is 29.9 Å². The van der Waals surface area contributed by atoms with E-state index in [1.54, 1.807) is 7.05 Å². The van der Waals surface area contributed by atoms with Crippen LogP contribution < -0.4 is 15.4 Å². The van der Waals surface area contributed by atoms with Crippen LogP contribution in [0.1, 0.15) is 35.4 Å². The monoisotopic (exact) mass is 480 g/mol. The summed E-state index contributed by atoms with van der Waals surface area (Å²) >= 11 is 0. The summed E-state index contributed by atoms with van der Waals surface area (Å²) in [5, 5.41) is 6.67. The maximum atomic E-state index is 6.04. The lowest BCUT2D eigenvalue weighted by molar-refractivity contribution is 0.296. The molecule has 0 aliphatic heterocycles. The van der Waals surface area contributed by atoms with Crippen LogP contribution >= 0.6 is 24.0 Å². The van der Waals surface area contributed by atoms with E-state index < -0.39 is 0 Å².